The quantitative estimate of drug-likeness (QED) is 0.805. The van der Waals surface area contributed by atoms with E-state index < -0.39 is 5.60 Å². The molecule has 0 aliphatic heterocycles. The van der Waals surface area contributed by atoms with Gasteiger partial charge in [-0.1, -0.05) is 38.8 Å². The maximum Gasteiger partial charge on any atom is 0.123 e. The highest BCUT2D eigenvalue weighted by Gasteiger charge is 2.37. The molecule has 0 aromatic heterocycles. The molecule has 0 amide bonds. The van der Waals surface area contributed by atoms with Crippen LogP contribution in [-0.4, -0.2) is 18.3 Å². The molecule has 0 saturated carbocycles. The van der Waals surface area contributed by atoms with Crippen LogP contribution in [-0.2, 0) is 10.3 Å². The standard InChI is InChI=1S/C15H23FO2/c1-4-6-11-15(17,14(5-2)18-3)12-7-9-13(16)10-8-12/h7-10,14,17H,4-6,11H2,1-3H3/t14-,15-/m0/s1. The number of unbranched alkanes of at least 4 members (excludes halogenated alkanes) is 1. The van der Waals surface area contributed by atoms with Gasteiger partial charge in [-0.15, -0.1) is 0 Å². The monoisotopic (exact) mass is 254 g/mol. The summed E-state index contributed by atoms with van der Waals surface area (Å²) in [6.07, 6.45) is 2.99. The Balaban J connectivity index is 3.05. The van der Waals surface area contributed by atoms with Crippen molar-refractivity contribution in [3.05, 3.63) is 35.6 Å². The van der Waals surface area contributed by atoms with Gasteiger partial charge in [0, 0.05) is 7.11 Å². The fraction of sp³-hybridized carbons (Fsp3) is 0.600. The highest BCUT2D eigenvalue weighted by molar-refractivity contribution is 5.24. The maximum atomic E-state index is 13.0. The van der Waals surface area contributed by atoms with Gasteiger partial charge in [0.2, 0.25) is 0 Å². The van der Waals surface area contributed by atoms with Gasteiger partial charge in [-0.25, -0.2) is 4.39 Å². The van der Waals surface area contributed by atoms with Crippen molar-refractivity contribution >= 4 is 0 Å². The van der Waals surface area contributed by atoms with E-state index in [9.17, 15) is 9.50 Å². The zero-order chi connectivity index (χ0) is 13.6. The number of benzene rings is 1. The smallest absolute Gasteiger partial charge is 0.123 e. The van der Waals surface area contributed by atoms with E-state index in [1.807, 2.05) is 6.92 Å². The van der Waals surface area contributed by atoms with Crippen molar-refractivity contribution < 1.29 is 14.2 Å². The second kappa shape index (κ2) is 6.86. The third kappa shape index (κ3) is 3.30. The fourth-order valence-electron chi connectivity index (χ4n) is 2.38. The third-order valence-electron chi connectivity index (χ3n) is 3.44. The first-order valence-corrected chi connectivity index (χ1v) is 6.59. The van der Waals surface area contributed by atoms with Crippen LogP contribution >= 0.6 is 0 Å². The largest absolute Gasteiger partial charge is 0.382 e. The van der Waals surface area contributed by atoms with Crippen molar-refractivity contribution in [1.29, 1.82) is 0 Å². The normalized spacial score (nSPS) is 16.3. The minimum absolute atomic E-state index is 0.269. The first kappa shape index (κ1) is 15.1. The minimum Gasteiger partial charge on any atom is -0.382 e. The molecule has 0 aliphatic carbocycles. The van der Waals surface area contributed by atoms with Gasteiger partial charge in [0.15, 0.2) is 0 Å². The van der Waals surface area contributed by atoms with Gasteiger partial charge in [0.05, 0.1) is 6.10 Å². The number of halogens is 1. The van der Waals surface area contributed by atoms with Crippen LogP contribution in [0.3, 0.4) is 0 Å². The Labute approximate surface area is 109 Å². The van der Waals surface area contributed by atoms with Crippen LogP contribution in [0.2, 0.25) is 0 Å². The number of methoxy groups -OCH3 is 1. The first-order chi connectivity index (χ1) is 8.58. The Hall–Kier alpha value is -0.930. The van der Waals surface area contributed by atoms with E-state index in [1.54, 1.807) is 19.2 Å². The molecule has 3 heteroatoms. The molecular formula is C15H23FO2. The summed E-state index contributed by atoms with van der Waals surface area (Å²) in [5, 5.41) is 10.9. The number of ether oxygens (including phenoxy) is 1. The second-order valence-electron chi connectivity index (χ2n) is 4.67. The van der Waals surface area contributed by atoms with Crippen molar-refractivity contribution in [3.8, 4) is 0 Å². The summed E-state index contributed by atoms with van der Waals surface area (Å²) in [6, 6.07) is 6.06. The van der Waals surface area contributed by atoms with Crippen molar-refractivity contribution in [2.24, 2.45) is 0 Å². The first-order valence-electron chi connectivity index (χ1n) is 6.59. The highest BCUT2D eigenvalue weighted by atomic mass is 19.1. The molecule has 0 unspecified atom stereocenters. The lowest BCUT2D eigenvalue weighted by atomic mass is 9.82. The average molecular weight is 254 g/mol. The molecule has 1 N–H and O–H groups in total. The van der Waals surface area contributed by atoms with E-state index in [4.69, 9.17) is 4.74 Å². The molecule has 0 fully saturated rings. The van der Waals surface area contributed by atoms with Gasteiger partial charge in [0.25, 0.3) is 0 Å². The molecule has 1 aromatic rings. The molecule has 102 valence electrons. The predicted molar refractivity (Wildman–Crippen MR) is 70.9 cm³/mol. The molecular weight excluding hydrogens is 231 g/mol. The minimum atomic E-state index is -1.03. The van der Waals surface area contributed by atoms with Gasteiger partial charge in [-0.05, 0) is 30.5 Å². The lowest BCUT2D eigenvalue weighted by Gasteiger charge is -2.35. The molecule has 2 atom stereocenters. The van der Waals surface area contributed by atoms with E-state index in [1.165, 1.54) is 12.1 Å². The van der Waals surface area contributed by atoms with Crippen LogP contribution in [0, 0.1) is 5.82 Å². The Bertz CT molecular complexity index is 346. The van der Waals surface area contributed by atoms with Crippen LogP contribution in [0.1, 0.15) is 45.1 Å². The second-order valence-corrected chi connectivity index (χ2v) is 4.67. The zero-order valence-electron chi connectivity index (χ0n) is 11.4. The molecule has 1 rings (SSSR count). The number of aliphatic hydroxyl groups is 1. The summed E-state index contributed by atoms with van der Waals surface area (Å²) in [6.45, 7) is 4.06. The Morgan fingerprint density at radius 1 is 1.28 bits per heavy atom. The van der Waals surface area contributed by atoms with E-state index in [0.717, 1.165) is 18.4 Å². The summed E-state index contributed by atoms with van der Waals surface area (Å²) in [5.74, 6) is -0.290. The van der Waals surface area contributed by atoms with Crippen LogP contribution in [0.15, 0.2) is 24.3 Å². The molecule has 0 aliphatic rings. The summed E-state index contributed by atoms with van der Waals surface area (Å²) in [4.78, 5) is 0. The van der Waals surface area contributed by atoms with E-state index >= 15 is 0 Å². The highest BCUT2D eigenvalue weighted by Crippen LogP contribution is 2.34. The maximum absolute atomic E-state index is 13.0. The number of hydrogen-bond acceptors (Lipinski definition) is 2. The lowest BCUT2D eigenvalue weighted by Crippen LogP contribution is -2.40. The predicted octanol–water partition coefficient (Wildman–Crippen LogP) is 3.63. The van der Waals surface area contributed by atoms with Gasteiger partial charge >= 0.3 is 0 Å². The molecule has 2 nitrogen and oxygen atoms in total. The molecule has 0 heterocycles. The van der Waals surface area contributed by atoms with E-state index in [2.05, 4.69) is 6.92 Å². The topological polar surface area (TPSA) is 29.5 Å². The number of rotatable bonds is 7. The number of hydrogen-bond donors (Lipinski definition) is 1. The van der Waals surface area contributed by atoms with Crippen LogP contribution < -0.4 is 0 Å². The van der Waals surface area contributed by atoms with Gasteiger partial charge in [0.1, 0.15) is 11.4 Å². The summed E-state index contributed by atoms with van der Waals surface area (Å²) >= 11 is 0. The Kier molecular flexibility index (Phi) is 5.76. The van der Waals surface area contributed by atoms with Crippen LogP contribution in [0.5, 0.6) is 0 Å². The Morgan fingerprint density at radius 3 is 2.33 bits per heavy atom. The SMILES string of the molecule is CCCC[C@](O)(c1ccc(F)cc1)[C@H](CC)OC. The third-order valence-corrected chi connectivity index (χ3v) is 3.44. The van der Waals surface area contributed by atoms with Crippen molar-refractivity contribution in [1.82, 2.24) is 0 Å². The summed E-state index contributed by atoms with van der Waals surface area (Å²) < 4.78 is 18.4. The van der Waals surface area contributed by atoms with Gasteiger partial charge in [-0.2, -0.15) is 0 Å². The van der Waals surface area contributed by atoms with Gasteiger partial charge in [-0.3, -0.25) is 0 Å². The zero-order valence-corrected chi connectivity index (χ0v) is 11.4. The lowest BCUT2D eigenvalue weighted by molar-refractivity contribution is -0.106. The molecule has 1 aromatic carbocycles. The average Bonchev–Trinajstić information content (AvgIpc) is 2.38. The fourth-order valence-corrected chi connectivity index (χ4v) is 2.38. The summed E-state index contributed by atoms with van der Waals surface area (Å²) in [7, 11) is 1.61. The molecule has 0 bridgehead atoms. The van der Waals surface area contributed by atoms with Crippen molar-refractivity contribution in [2.75, 3.05) is 7.11 Å². The van der Waals surface area contributed by atoms with E-state index in [-0.39, 0.29) is 11.9 Å². The molecule has 18 heavy (non-hydrogen) atoms. The molecule has 0 radical (unpaired) electrons. The van der Waals surface area contributed by atoms with Crippen molar-refractivity contribution in [3.63, 3.8) is 0 Å². The van der Waals surface area contributed by atoms with Crippen LogP contribution in [0.25, 0.3) is 0 Å². The van der Waals surface area contributed by atoms with Crippen molar-refractivity contribution in [2.45, 2.75) is 51.2 Å². The Morgan fingerprint density at radius 2 is 1.89 bits per heavy atom. The summed E-state index contributed by atoms with van der Waals surface area (Å²) in [5.41, 5.74) is -0.307. The molecule has 0 saturated heterocycles. The van der Waals surface area contributed by atoms with E-state index in [0.29, 0.717) is 12.8 Å². The molecule has 0 spiro atoms. The van der Waals surface area contributed by atoms with Gasteiger partial charge < -0.3 is 9.84 Å². The van der Waals surface area contributed by atoms with Crippen LogP contribution in [0.4, 0.5) is 4.39 Å².